The van der Waals surface area contributed by atoms with Crippen LogP contribution in [-0.2, 0) is 4.79 Å². The molecule has 1 amide bonds. The van der Waals surface area contributed by atoms with Crippen LogP contribution in [0.25, 0.3) is 0 Å². The van der Waals surface area contributed by atoms with Crippen molar-refractivity contribution in [3.8, 4) is 0 Å². The predicted octanol–water partition coefficient (Wildman–Crippen LogP) is 2.85. The Bertz CT molecular complexity index is 512. The Hall–Kier alpha value is -1.29. The average molecular weight is 246 g/mol. The molecule has 1 N–H and O–H groups in total. The van der Waals surface area contributed by atoms with Gasteiger partial charge in [0, 0.05) is 16.2 Å². The van der Waals surface area contributed by atoms with Crippen molar-refractivity contribution in [2.45, 2.75) is 24.3 Å². The highest BCUT2D eigenvalue weighted by Crippen LogP contribution is 2.41. The molecule has 1 aromatic carbocycles. The average Bonchev–Trinajstić information content (AvgIpc) is 2.49. The molecule has 3 atom stereocenters. The molecular weight excluding hydrogens is 232 g/mol. The fourth-order valence-electron chi connectivity index (χ4n) is 2.50. The number of fused-ring (bicyclic) bond motifs is 2. The lowest BCUT2D eigenvalue weighted by Gasteiger charge is -2.12. The van der Waals surface area contributed by atoms with Crippen LogP contribution >= 0.6 is 11.8 Å². The molecule has 2 aliphatic heterocycles. The molecule has 0 radical (unpaired) electrons. The van der Waals surface area contributed by atoms with Crippen LogP contribution in [0.4, 0.5) is 11.4 Å². The molecule has 4 heteroatoms. The van der Waals surface area contributed by atoms with Crippen molar-refractivity contribution < 1.29 is 4.79 Å². The fourth-order valence-corrected chi connectivity index (χ4v) is 3.90. The van der Waals surface area contributed by atoms with E-state index < -0.39 is 0 Å². The quantitative estimate of drug-likeness (QED) is 0.764. The predicted molar refractivity (Wildman–Crippen MR) is 72.2 cm³/mol. The van der Waals surface area contributed by atoms with Gasteiger partial charge in [0.15, 0.2) is 0 Å². The molecule has 17 heavy (non-hydrogen) atoms. The van der Waals surface area contributed by atoms with Gasteiger partial charge >= 0.3 is 0 Å². The molecule has 3 rings (SSSR count). The largest absolute Gasteiger partial charge is 0.324 e. The second-order valence-corrected chi connectivity index (χ2v) is 6.23. The molecule has 0 aromatic heterocycles. The summed E-state index contributed by atoms with van der Waals surface area (Å²) in [5, 5.41) is 3.61. The number of anilines is 1. The van der Waals surface area contributed by atoms with Crippen LogP contribution in [-0.4, -0.2) is 22.1 Å². The first-order valence-corrected chi connectivity index (χ1v) is 6.75. The molecule has 1 fully saturated rings. The molecule has 1 saturated heterocycles. The van der Waals surface area contributed by atoms with Crippen LogP contribution in [0.2, 0.25) is 0 Å². The Morgan fingerprint density at radius 2 is 2.06 bits per heavy atom. The van der Waals surface area contributed by atoms with Crippen LogP contribution < -0.4 is 5.32 Å². The Morgan fingerprint density at radius 1 is 1.29 bits per heavy atom. The third kappa shape index (κ3) is 1.67. The highest BCUT2D eigenvalue weighted by atomic mass is 32.2. The second kappa shape index (κ2) is 3.88. The fraction of sp³-hybridized carbons (Fsp3) is 0.385. The van der Waals surface area contributed by atoms with Gasteiger partial charge in [0.05, 0.1) is 17.3 Å². The summed E-state index contributed by atoms with van der Waals surface area (Å²) in [5.74, 6) is 0.000417. The van der Waals surface area contributed by atoms with Gasteiger partial charge in [0.25, 0.3) is 0 Å². The van der Waals surface area contributed by atoms with Crippen molar-refractivity contribution in [1.29, 1.82) is 0 Å². The Morgan fingerprint density at radius 3 is 2.88 bits per heavy atom. The molecule has 0 spiro atoms. The number of hydrogen-bond acceptors (Lipinski definition) is 3. The number of thioether (sulfide) groups is 1. The van der Waals surface area contributed by atoms with E-state index in [4.69, 9.17) is 4.99 Å². The summed E-state index contributed by atoms with van der Waals surface area (Å²) in [6.45, 7) is 4.23. The summed E-state index contributed by atoms with van der Waals surface area (Å²) in [7, 11) is 0. The molecular formula is C13H14N2OS. The van der Waals surface area contributed by atoms with E-state index in [1.54, 1.807) is 0 Å². The van der Waals surface area contributed by atoms with E-state index >= 15 is 0 Å². The topological polar surface area (TPSA) is 41.5 Å². The summed E-state index contributed by atoms with van der Waals surface area (Å²) in [4.78, 5) is 16.9. The van der Waals surface area contributed by atoms with Gasteiger partial charge in [-0.3, -0.25) is 9.79 Å². The van der Waals surface area contributed by atoms with Gasteiger partial charge < -0.3 is 5.32 Å². The molecule has 0 saturated carbocycles. The van der Waals surface area contributed by atoms with Crippen molar-refractivity contribution >= 4 is 34.8 Å². The maximum Gasteiger partial charge on any atom is 0.234 e. The van der Waals surface area contributed by atoms with Gasteiger partial charge in [-0.15, -0.1) is 11.8 Å². The summed E-state index contributed by atoms with van der Waals surface area (Å²) in [6.07, 6.45) is 0. The van der Waals surface area contributed by atoms with E-state index in [0.717, 1.165) is 17.1 Å². The van der Waals surface area contributed by atoms with E-state index in [-0.39, 0.29) is 11.8 Å². The zero-order valence-electron chi connectivity index (χ0n) is 9.81. The van der Waals surface area contributed by atoms with E-state index in [9.17, 15) is 4.79 Å². The minimum atomic E-state index is -0.0811. The highest BCUT2D eigenvalue weighted by molar-refractivity contribution is 8.01. The summed E-state index contributed by atoms with van der Waals surface area (Å²) in [5.41, 5.74) is 2.72. The Labute approximate surface area is 105 Å². The lowest BCUT2D eigenvalue weighted by molar-refractivity contribution is -0.117. The molecule has 0 bridgehead atoms. The van der Waals surface area contributed by atoms with Crippen molar-refractivity contribution in [3.05, 3.63) is 24.3 Å². The van der Waals surface area contributed by atoms with E-state index in [1.165, 1.54) is 0 Å². The van der Waals surface area contributed by atoms with Crippen molar-refractivity contribution in [2.75, 3.05) is 5.32 Å². The van der Waals surface area contributed by atoms with Crippen LogP contribution in [0, 0.1) is 5.92 Å². The first kappa shape index (κ1) is 10.8. The van der Waals surface area contributed by atoms with Crippen LogP contribution in [0.5, 0.6) is 0 Å². The summed E-state index contributed by atoms with van der Waals surface area (Å²) in [6, 6.07) is 7.72. The highest BCUT2D eigenvalue weighted by Gasteiger charge is 2.42. The number of nitrogens with zero attached hydrogens (tertiary/aromatic N) is 1. The van der Waals surface area contributed by atoms with Gasteiger partial charge in [-0.2, -0.15) is 0 Å². The summed E-state index contributed by atoms with van der Waals surface area (Å²) < 4.78 is 0. The third-order valence-corrected chi connectivity index (χ3v) is 4.67. The van der Waals surface area contributed by atoms with E-state index in [0.29, 0.717) is 10.5 Å². The molecule has 3 unspecified atom stereocenters. The monoisotopic (exact) mass is 246 g/mol. The van der Waals surface area contributed by atoms with Crippen molar-refractivity contribution in [2.24, 2.45) is 10.9 Å². The minimum absolute atomic E-state index is 0.0811. The van der Waals surface area contributed by atoms with E-state index in [1.807, 2.05) is 36.0 Å². The second-order valence-electron chi connectivity index (χ2n) is 4.50. The molecule has 3 nitrogen and oxygen atoms in total. The smallest absolute Gasteiger partial charge is 0.234 e. The molecule has 2 aliphatic rings. The maximum absolute atomic E-state index is 12.2. The molecule has 0 aliphatic carbocycles. The lowest BCUT2D eigenvalue weighted by Crippen LogP contribution is -2.31. The van der Waals surface area contributed by atoms with Crippen molar-refractivity contribution in [1.82, 2.24) is 0 Å². The number of amides is 1. The first-order chi connectivity index (χ1) is 8.16. The number of nitrogens with one attached hydrogen (secondary N) is 1. The number of benzene rings is 1. The Balaban J connectivity index is 2.14. The van der Waals surface area contributed by atoms with Gasteiger partial charge in [-0.05, 0) is 19.1 Å². The maximum atomic E-state index is 12.2. The van der Waals surface area contributed by atoms with Crippen LogP contribution in [0.15, 0.2) is 29.3 Å². The lowest BCUT2D eigenvalue weighted by atomic mass is 9.97. The SMILES string of the molecule is CC1SC(C)C2C(=O)Nc3ccccc3N=C12. The Kier molecular flexibility index (Phi) is 2.47. The molecule has 2 heterocycles. The van der Waals surface area contributed by atoms with Crippen LogP contribution in [0.3, 0.4) is 0 Å². The number of rotatable bonds is 0. The van der Waals surface area contributed by atoms with E-state index in [2.05, 4.69) is 19.2 Å². The number of carbonyl (C=O) groups is 1. The normalized spacial score (nSPS) is 31.1. The number of carbonyl (C=O) groups excluding carboxylic acids is 1. The number of aliphatic imine (C=N–C) groups is 1. The van der Waals surface area contributed by atoms with Gasteiger partial charge in [-0.1, -0.05) is 19.1 Å². The van der Waals surface area contributed by atoms with Crippen LogP contribution in [0.1, 0.15) is 13.8 Å². The number of hydrogen-bond donors (Lipinski definition) is 1. The summed E-state index contributed by atoms with van der Waals surface area (Å²) >= 11 is 1.82. The standard InChI is InChI=1S/C13H14N2OS/c1-7-11-12(8(2)17-7)14-9-5-3-4-6-10(9)15-13(11)16/h3-8,11H,1-2H3,(H,15,16). The third-order valence-electron chi connectivity index (χ3n) is 3.32. The first-order valence-electron chi connectivity index (χ1n) is 5.80. The van der Waals surface area contributed by atoms with Gasteiger partial charge in [-0.25, -0.2) is 0 Å². The molecule has 88 valence electrons. The zero-order valence-corrected chi connectivity index (χ0v) is 10.6. The zero-order chi connectivity index (χ0) is 12.0. The minimum Gasteiger partial charge on any atom is -0.324 e. The number of para-hydroxylation sites is 2. The van der Waals surface area contributed by atoms with Gasteiger partial charge in [0.2, 0.25) is 5.91 Å². The van der Waals surface area contributed by atoms with Gasteiger partial charge in [0.1, 0.15) is 0 Å². The molecule has 1 aromatic rings. The van der Waals surface area contributed by atoms with Crippen molar-refractivity contribution in [3.63, 3.8) is 0 Å².